The van der Waals surface area contributed by atoms with E-state index in [0.717, 1.165) is 11.1 Å². The molecule has 2 amide bonds. The lowest BCUT2D eigenvalue weighted by atomic mass is 10.00. The topological polar surface area (TPSA) is 84.9 Å². The molecule has 7 nitrogen and oxygen atoms in total. The maximum Gasteiger partial charge on any atom is 0.408 e. The molecular weight excluding hydrogens is 472 g/mol. The molecule has 0 aromatic heterocycles. The average molecular weight is 513 g/mol. The molecule has 0 aliphatic rings. The third-order valence-electron chi connectivity index (χ3n) is 5.56. The number of esters is 1. The highest BCUT2D eigenvalue weighted by Crippen LogP contribution is 2.19. The van der Waals surface area contributed by atoms with Gasteiger partial charge in [-0.1, -0.05) is 94.2 Å². The number of ether oxygens (including phenoxy) is 2. The van der Waals surface area contributed by atoms with Crippen LogP contribution in [0.1, 0.15) is 31.4 Å². The van der Waals surface area contributed by atoms with E-state index in [1.165, 1.54) is 7.11 Å². The molecule has 0 radical (unpaired) electrons. The van der Waals surface area contributed by atoms with Crippen LogP contribution in [0.15, 0.2) is 60.7 Å². The number of alkyl carbamates (subject to hydrolysis) is 1. The van der Waals surface area contributed by atoms with Gasteiger partial charge in [0.2, 0.25) is 5.91 Å². The van der Waals surface area contributed by atoms with Crippen molar-refractivity contribution in [3.63, 3.8) is 0 Å². The van der Waals surface area contributed by atoms with Crippen LogP contribution in [0.3, 0.4) is 0 Å². The van der Waals surface area contributed by atoms with Gasteiger partial charge in [-0.05, 0) is 23.5 Å². The second-order valence-corrected chi connectivity index (χ2v) is 16.1. The van der Waals surface area contributed by atoms with Gasteiger partial charge in [0.25, 0.3) is 0 Å². The lowest BCUT2D eigenvalue weighted by Crippen LogP contribution is -2.58. The molecule has 2 aromatic carbocycles. The predicted octanol–water partition coefficient (Wildman–Crippen LogP) is 4.82. The number of carbonyl (C=O) groups excluding carboxylic acids is 3. The van der Waals surface area contributed by atoms with Crippen LogP contribution in [0.25, 0.3) is 0 Å². The Morgan fingerprint density at radius 1 is 0.917 bits per heavy atom. The van der Waals surface area contributed by atoms with Crippen molar-refractivity contribution >= 4 is 26.0 Å². The maximum absolute atomic E-state index is 14.0. The summed E-state index contributed by atoms with van der Waals surface area (Å²) in [5, 5.41) is 2.78. The van der Waals surface area contributed by atoms with Crippen LogP contribution in [0.4, 0.5) is 4.79 Å². The summed E-state index contributed by atoms with van der Waals surface area (Å²) >= 11 is 0. The van der Waals surface area contributed by atoms with Gasteiger partial charge < -0.3 is 19.7 Å². The van der Waals surface area contributed by atoms with E-state index >= 15 is 0 Å². The molecule has 0 saturated heterocycles. The summed E-state index contributed by atoms with van der Waals surface area (Å²) in [6.45, 7) is 10.5. The summed E-state index contributed by atoms with van der Waals surface area (Å²) in [6, 6.07) is 17.2. The van der Waals surface area contributed by atoms with Crippen LogP contribution in [-0.4, -0.2) is 56.3 Å². The van der Waals surface area contributed by atoms with Crippen molar-refractivity contribution in [1.82, 2.24) is 10.2 Å². The molecule has 2 aromatic rings. The van der Waals surface area contributed by atoms with Crippen LogP contribution in [-0.2, 0) is 32.1 Å². The van der Waals surface area contributed by atoms with E-state index in [1.807, 2.05) is 74.5 Å². The summed E-state index contributed by atoms with van der Waals surface area (Å²) in [5.74, 6) is -0.586. The third kappa shape index (κ3) is 9.85. The second kappa shape index (κ2) is 13.8. The van der Waals surface area contributed by atoms with Gasteiger partial charge in [0.1, 0.15) is 18.7 Å². The van der Waals surface area contributed by atoms with E-state index in [1.54, 1.807) is 4.90 Å². The zero-order valence-electron chi connectivity index (χ0n) is 22.3. The first-order valence-electron chi connectivity index (χ1n) is 12.4. The first-order valence-corrected chi connectivity index (χ1v) is 16.1. The second-order valence-electron chi connectivity index (χ2n) is 10.6. The molecule has 0 unspecified atom stereocenters. The molecule has 2 rings (SSSR count). The first-order chi connectivity index (χ1) is 17.0. The highest BCUT2D eigenvalue weighted by Gasteiger charge is 2.38. The van der Waals surface area contributed by atoms with Gasteiger partial charge >= 0.3 is 12.1 Å². The van der Waals surface area contributed by atoms with Gasteiger partial charge in [0, 0.05) is 12.6 Å². The molecular formula is C28H40N2O5Si. The number of methoxy groups -OCH3 is 1. The van der Waals surface area contributed by atoms with Gasteiger partial charge in [-0.3, -0.25) is 4.79 Å². The van der Waals surface area contributed by atoms with Crippen molar-refractivity contribution in [2.24, 2.45) is 5.92 Å². The highest BCUT2D eigenvalue weighted by molar-refractivity contribution is 6.76. The SMILES string of the molecule is COC(=O)[C@H](CC(C)C)N(C[Si](C)(C)C)C(=O)[C@H](Cc1ccccc1)NC(=O)OCc1ccccc1. The van der Waals surface area contributed by atoms with E-state index in [2.05, 4.69) is 25.0 Å². The van der Waals surface area contributed by atoms with Crippen LogP contribution >= 0.6 is 0 Å². The molecule has 0 fully saturated rings. The van der Waals surface area contributed by atoms with Gasteiger partial charge in [0.05, 0.1) is 15.2 Å². The van der Waals surface area contributed by atoms with Gasteiger partial charge in [0.15, 0.2) is 0 Å². The number of nitrogens with one attached hydrogen (secondary N) is 1. The molecule has 0 aliphatic carbocycles. The fourth-order valence-corrected chi connectivity index (χ4v) is 5.34. The van der Waals surface area contributed by atoms with Crippen molar-refractivity contribution in [3.8, 4) is 0 Å². The van der Waals surface area contributed by atoms with Crippen molar-refractivity contribution < 1.29 is 23.9 Å². The fraction of sp³-hybridized carbons (Fsp3) is 0.464. The molecule has 0 aliphatic heterocycles. The first kappa shape index (κ1) is 29.1. The van der Waals surface area contributed by atoms with Crippen molar-refractivity contribution in [2.45, 2.75) is 65.0 Å². The van der Waals surface area contributed by atoms with Gasteiger partial charge in [-0.15, -0.1) is 0 Å². The Balaban J connectivity index is 2.34. The number of hydrogen-bond donors (Lipinski definition) is 1. The zero-order chi connectivity index (χ0) is 26.7. The molecule has 1 N–H and O–H groups in total. The number of benzene rings is 2. The predicted molar refractivity (Wildman–Crippen MR) is 144 cm³/mol. The van der Waals surface area contributed by atoms with Gasteiger partial charge in [-0.2, -0.15) is 0 Å². The van der Waals surface area contributed by atoms with Gasteiger partial charge in [-0.25, -0.2) is 9.59 Å². The van der Waals surface area contributed by atoms with E-state index in [4.69, 9.17) is 9.47 Å². The minimum atomic E-state index is -1.84. The van der Waals surface area contributed by atoms with Crippen molar-refractivity contribution in [3.05, 3.63) is 71.8 Å². The Labute approximate surface area is 216 Å². The Morgan fingerprint density at radius 2 is 1.47 bits per heavy atom. The lowest BCUT2D eigenvalue weighted by Gasteiger charge is -2.37. The quantitative estimate of drug-likeness (QED) is 0.326. The van der Waals surface area contributed by atoms with E-state index in [9.17, 15) is 14.4 Å². The molecule has 0 bridgehead atoms. The Bertz CT molecular complexity index is 976. The summed E-state index contributed by atoms with van der Waals surface area (Å²) < 4.78 is 10.5. The molecule has 0 heterocycles. The number of amides is 2. The molecule has 196 valence electrons. The lowest BCUT2D eigenvalue weighted by molar-refractivity contribution is -0.153. The average Bonchev–Trinajstić information content (AvgIpc) is 2.84. The fourth-order valence-electron chi connectivity index (χ4n) is 3.94. The van der Waals surface area contributed by atoms with Crippen LogP contribution in [0, 0.1) is 5.92 Å². The number of rotatable bonds is 12. The van der Waals surface area contributed by atoms with Crippen molar-refractivity contribution in [1.29, 1.82) is 0 Å². The number of nitrogens with zero attached hydrogens (tertiary/aromatic N) is 1. The minimum absolute atomic E-state index is 0.0929. The molecule has 0 saturated carbocycles. The molecule has 0 spiro atoms. The highest BCUT2D eigenvalue weighted by atomic mass is 28.3. The standard InChI is InChI=1S/C28H40N2O5Si/c1-21(2)17-25(27(32)34-3)30(20-36(4,5)6)26(31)24(18-22-13-9-7-10-14-22)29-28(33)35-19-23-15-11-8-12-16-23/h7-16,21,24-25H,17-20H2,1-6H3,(H,29,33)/t24-,25-/m0/s1. The molecule has 36 heavy (non-hydrogen) atoms. The summed E-state index contributed by atoms with van der Waals surface area (Å²) in [4.78, 5) is 41.3. The summed E-state index contributed by atoms with van der Waals surface area (Å²) in [7, 11) is -0.499. The monoisotopic (exact) mass is 512 g/mol. The smallest absolute Gasteiger partial charge is 0.408 e. The Kier molecular flexibility index (Phi) is 11.2. The van der Waals surface area contributed by atoms with E-state index in [-0.39, 0.29) is 24.9 Å². The van der Waals surface area contributed by atoms with Crippen LogP contribution < -0.4 is 5.32 Å². The van der Waals surface area contributed by atoms with Crippen LogP contribution in [0.2, 0.25) is 19.6 Å². The molecule has 2 atom stereocenters. The normalized spacial score (nSPS) is 13.0. The largest absolute Gasteiger partial charge is 0.467 e. The number of carbonyl (C=O) groups is 3. The summed E-state index contributed by atoms with van der Waals surface area (Å²) in [5.41, 5.74) is 1.74. The van der Waals surface area contributed by atoms with E-state index in [0.29, 0.717) is 12.6 Å². The maximum atomic E-state index is 14.0. The van der Waals surface area contributed by atoms with Crippen molar-refractivity contribution in [2.75, 3.05) is 13.3 Å². The number of hydrogen-bond acceptors (Lipinski definition) is 5. The van der Waals surface area contributed by atoms with Crippen LogP contribution in [0.5, 0.6) is 0 Å². The zero-order valence-corrected chi connectivity index (χ0v) is 23.3. The third-order valence-corrected chi connectivity index (χ3v) is 6.85. The summed E-state index contributed by atoms with van der Waals surface area (Å²) in [6.07, 6.45) is 0.529. The van der Waals surface area contributed by atoms with E-state index < -0.39 is 32.2 Å². The minimum Gasteiger partial charge on any atom is -0.467 e. The Morgan fingerprint density at radius 3 is 1.97 bits per heavy atom. The Hall–Kier alpha value is -3.13. The molecule has 8 heteroatoms.